The molecule has 0 aliphatic heterocycles. The Labute approximate surface area is 511 Å². The molecule has 422 valence electrons. The van der Waals surface area contributed by atoms with E-state index in [1.807, 2.05) is 18.6 Å². The van der Waals surface area contributed by atoms with Crippen molar-refractivity contribution in [3.05, 3.63) is 227 Å². The van der Waals surface area contributed by atoms with Crippen LogP contribution in [-0.4, -0.2) is 44.9 Å². The lowest BCUT2D eigenvalue weighted by Crippen LogP contribution is -2.09. The van der Waals surface area contributed by atoms with Crippen molar-refractivity contribution in [2.24, 2.45) is 5.92 Å². The Kier molecular flexibility index (Phi) is 11.3. The van der Waals surface area contributed by atoms with Crippen LogP contribution in [0.1, 0.15) is 146 Å². The van der Waals surface area contributed by atoms with Crippen molar-refractivity contribution in [3.8, 4) is 90.2 Å². The van der Waals surface area contributed by atoms with Gasteiger partial charge in [0.2, 0.25) is 0 Å². The minimum absolute atomic E-state index is 0.392. The van der Waals surface area contributed by atoms with Crippen molar-refractivity contribution in [2.45, 2.75) is 107 Å². The molecule has 0 saturated heterocycles. The van der Waals surface area contributed by atoms with E-state index in [9.17, 15) is 0 Å². The van der Waals surface area contributed by atoms with Crippen LogP contribution in [0.25, 0.3) is 129 Å². The fourth-order valence-corrected chi connectivity index (χ4v) is 17.2. The van der Waals surface area contributed by atoms with E-state index in [0.29, 0.717) is 41.4 Å². The summed E-state index contributed by atoms with van der Waals surface area (Å²) in [6.07, 6.45) is 24.0. The molecule has 7 unspecified atom stereocenters. The summed E-state index contributed by atoms with van der Waals surface area (Å²) < 4.78 is 0. The molecule has 0 amide bonds. The molecule has 12 aromatic rings. The lowest BCUT2D eigenvalue weighted by molar-refractivity contribution is 0.718. The minimum Gasteiger partial charge on any atom is -0.244 e. The summed E-state index contributed by atoms with van der Waals surface area (Å²) in [4.78, 5) is 49.2. The lowest BCUT2D eigenvalue weighted by atomic mass is 9.83. The molecule has 0 radical (unpaired) electrons. The maximum Gasteiger partial charge on any atom is 0.159 e. The number of fused-ring (bicyclic) bond motifs is 21. The maximum absolute atomic E-state index is 5.77. The lowest BCUT2D eigenvalue weighted by Gasteiger charge is -2.24. The number of hydrogen-bond acceptors (Lipinski definition) is 9. The van der Waals surface area contributed by atoms with Gasteiger partial charge in [0.1, 0.15) is 16.6 Å². The molecule has 6 aromatic heterocycles. The number of allylic oxidation sites excluding steroid dienone is 4. The van der Waals surface area contributed by atoms with Crippen molar-refractivity contribution >= 4 is 38.7 Å². The van der Waals surface area contributed by atoms with Crippen LogP contribution in [-0.2, 0) is 0 Å². The van der Waals surface area contributed by atoms with Crippen molar-refractivity contribution in [2.75, 3.05) is 0 Å². The van der Waals surface area contributed by atoms with E-state index in [1.54, 1.807) is 0 Å². The molecule has 0 N–H and O–H groups in total. The minimum atomic E-state index is 0.392. The van der Waals surface area contributed by atoms with Crippen LogP contribution >= 0.6 is 0 Å². The first kappa shape index (κ1) is 50.4. The molecule has 6 heterocycles. The fraction of sp³-hybridized carbons (Fsp3) is 0.228. The third-order valence-electron chi connectivity index (χ3n) is 21.1. The highest BCUT2D eigenvalue weighted by atomic mass is 14.9. The van der Waals surface area contributed by atoms with Crippen LogP contribution in [0.4, 0.5) is 0 Å². The maximum atomic E-state index is 5.77. The Bertz CT molecular complexity index is 4800. The van der Waals surface area contributed by atoms with Gasteiger partial charge in [-0.25, -0.2) is 44.9 Å². The van der Waals surface area contributed by atoms with E-state index in [0.717, 1.165) is 176 Å². The Balaban J connectivity index is 0.805. The second-order valence-electron chi connectivity index (χ2n) is 26.3. The zero-order valence-corrected chi connectivity index (χ0v) is 49.0. The number of benzene rings is 6. The molecule has 6 bridgehead atoms. The summed E-state index contributed by atoms with van der Waals surface area (Å²) >= 11 is 0. The summed E-state index contributed by atoms with van der Waals surface area (Å²) in [5, 5.41) is 0. The van der Waals surface area contributed by atoms with E-state index < -0.39 is 0 Å². The molecule has 7 aliphatic carbocycles. The summed E-state index contributed by atoms with van der Waals surface area (Å²) in [6.45, 7) is 2.28. The summed E-state index contributed by atoms with van der Waals surface area (Å²) in [7, 11) is 0. The molecular weight excluding hydrogens is 1070 g/mol. The van der Waals surface area contributed by atoms with Crippen LogP contribution in [0, 0.1) is 5.92 Å². The Hall–Kier alpha value is -9.73. The van der Waals surface area contributed by atoms with Gasteiger partial charge >= 0.3 is 0 Å². The van der Waals surface area contributed by atoms with Crippen molar-refractivity contribution in [3.63, 3.8) is 0 Å². The van der Waals surface area contributed by atoms with Crippen molar-refractivity contribution in [1.82, 2.24) is 44.9 Å². The van der Waals surface area contributed by atoms with E-state index in [1.165, 1.54) is 55.6 Å². The van der Waals surface area contributed by atoms with E-state index in [2.05, 4.69) is 177 Å². The average molecular weight is 1140 g/mol. The fourth-order valence-electron chi connectivity index (χ4n) is 17.2. The van der Waals surface area contributed by atoms with Gasteiger partial charge in [0, 0.05) is 33.4 Å². The first-order valence-electron chi connectivity index (χ1n) is 32.0. The first-order chi connectivity index (χ1) is 43.4. The average Bonchev–Trinajstić information content (AvgIpc) is 3.55. The number of aromatic nitrogens is 9. The molecule has 7 atom stereocenters. The van der Waals surface area contributed by atoms with Crippen molar-refractivity contribution < 1.29 is 0 Å². The molecule has 88 heavy (non-hydrogen) atoms. The molecule has 7 aliphatic rings. The molecule has 19 rings (SSSR count). The molecule has 3 fully saturated rings. The predicted molar refractivity (Wildman–Crippen MR) is 352 cm³/mol. The van der Waals surface area contributed by atoms with Crippen LogP contribution in [0.2, 0.25) is 0 Å². The van der Waals surface area contributed by atoms with Gasteiger partial charge in [-0.3, -0.25) is 0 Å². The molecular formula is C79H61N9. The van der Waals surface area contributed by atoms with E-state index >= 15 is 0 Å². The molecule has 0 spiro atoms. The summed E-state index contributed by atoms with van der Waals surface area (Å²) in [6, 6.07) is 54.5. The summed E-state index contributed by atoms with van der Waals surface area (Å²) in [5.74, 6) is 5.14. The molecule has 6 aromatic carbocycles. The van der Waals surface area contributed by atoms with Gasteiger partial charge in [0.05, 0.1) is 52.2 Å². The summed E-state index contributed by atoms with van der Waals surface area (Å²) in [5.41, 5.74) is 30.3. The zero-order valence-electron chi connectivity index (χ0n) is 49.0. The first-order valence-corrected chi connectivity index (χ1v) is 32.0. The van der Waals surface area contributed by atoms with E-state index in [4.69, 9.17) is 44.9 Å². The van der Waals surface area contributed by atoms with Gasteiger partial charge in [-0.15, -0.1) is 0 Å². The highest BCUT2D eigenvalue weighted by Gasteiger charge is 2.45. The Morgan fingerprint density at radius 2 is 0.648 bits per heavy atom. The van der Waals surface area contributed by atoms with Crippen molar-refractivity contribution in [1.29, 1.82) is 0 Å². The standard InChI is InChI=1S/C79H61N9/c1-43-12-8-17-46(30-43)49-20-11-23-58(33-49)79-82-42-64-76(88-79)70-55-29-26-52(36-55)67(70)73(85-64)61-38-59(71-65-50-24-27-53(34-50)68(65)74-62(83-71)40-80-77(86-74)56-21-9-18-47(31-56)44-13-4-2-5-14-44)37-60(39-61)72-66-51-25-28-54(35-51)69(66)75-63(84-72)41-81-78(87-75)57-22-10-19-48(32-57)45-15-6-3-7-16-45/h2-23,31-33,37-43,50-55H,24-30,34-36H2,1H3. The van der Waals surface area contributed by atoms with Crippen LogP contribution in [0.15, 0.2) is 188 Å². The number of rotatable bonds is 9. The van der Waals surface area contributed by atoms with Crippen LogP contribution in [0.5, 0.6) is 0 Å². The monoisotopic (exact) mass is 1140 g/mol. The van der Waals surface area contributed by atoms with Gasteiger partial charge < -0.3 is 0 Å². The third kappa shape index (κ3) is 8.01. The highest BCUT2D eigenvalue weighted by Crippen LogP contribution is 2.61. The van der Waals surface area contributed by atoms with E-state index in [-0.39, 0.29) is 0 Å². The zero-order chi connectivity index (χ0) is 57.7. The van der Waals surface area contributed by atoms with Gasteiger partial charge in [-0.2, -0.15) is 0 Å². The smallest absolute Gasteiger partial charge is 0.159 e. The highest BCUT2D eigenvalue weighted by molar-refractivity contribution is 5.94. The largest absolute Gasteiger partial charge is 0.244 e. The van der Waals surface area contributed by atoms with Gasteiger partial charge in [0.25, 0.3) is 0 Å². The third-order valence-corrected chi connectivity index (χ3v) is 21.1. The Morgan fingerprint density at radius 3 is 1.03 bits per heavy atom. The normalized spacial score (nSPS) is 21.6. The quantitative estimate of drug-likeness (QED) is 0.139. The second kappa shape index (κ2) is 19.6. The number of nitrogens with zero attached hydrogens (tertiary/aromatic N) is 9. The van der Waals surface area contributed by atoms with Crippen LogP contribution < -0.4 is 0 Å². The Morgan fingerprint density at radius 1 is 0.318 bits per heavy atom. The SMILES string of the molecule is CC1C=CC=C(c2cccc(-c3ncc4nc(-c5cc(-c6nc7cnc(-c8cccc(-c9ccccc9)c8)nc7c7c6C6CCC7C6)cc(-c6nc7cnc(-c8cccc(-c9ccccc9)c8)nc7c7c6C6CCC7C6)c5)c5c(c4n3)C3CCC5C3)c2)C1. The van der Waals surface area contributed by atoms with Gasteiger partial charge in [0.15, 0.2) is 17.5 Å². The topological polar surface area (TPSA) is 116 Å². The van der Waals surface area contributed by atoms with Gasteiger partial charge in [-0.05, 0) is 209 Å². The molecule has 9 heteroatoms. The van der Waals surface area contributed by atoms with Crippen LogP contribution in [0.3, 0.4) is 0 Å². The second-order valence-corrected chi connectivity index (χ2v) is 26.3. The molecule has 3 saturated carbocycles. The number of pyridine rings is 3. The van der Waals surface area contributed by atoms with Gasteiger partial charge in [-0.1, -0.05) is 140 Å². The molecule has 9 nitrogen and oxygen atoms in total. The number of hydrogen-bond donors (Lipinski definition) is 0. The predicted octanol–water partition coefficient (Wildman–Crippen LogP) is 19.1.